The van der Waals surface area contributed by atoms with Crippen LogP contribution in [0.2, 0.25) is 0 Å². The Morgan fingerprint density at radius 2 is 2.21 bits per heavy atom. The second kappa shape index (κ2) is 6.71. The molecular formula is C16H23NO2. The van der Waals surface area contributed by atoms with E-state index in [1.807, 2.05) is 0 Å². The van der Waals surface area contributed by atoms with Gasteiger partial charge in [-0.2, -0.15) is 0 Å². The molecule has 1 saturated heterocycles. The molecule has 2 rings (SSSR count). The number of benzene rings is 1. The summed E-state index contributed by atoms with van der Waals surface area (Å²) in [5.74, 6) is 0.119. The maximum absolute atomic E-state index is 11.8. The topological polar surface area (TPSA) is 38.3 Å². The summed E-state index contributed by atoms with van der Waals surface area (Å²) >= 11 is 0. The molecule has 0 spiro atoms. The van der Waals surface area contributed by atoms with Gasteiger partial charge in [0.1, 0.15) is 0 Å². The summed E-state index contributed by atoms with van der Waals surface area (Å²) in [5.41, 5.74) is 3.82. The molecule has 1 aromatic carbocycles. The van der Waals surface area contributed by atoms with Gasteiger partial charge < -0.3 is 10.1 Å². The number of carbonyl (C=O) groups is 1. The summed E-state index contributed by atoms with van der Waals surface area (Å²) in [6, 6.07) is 6.40. The van der Waals surface area contributed by atoms with Crippen LogP contribution in [-0.2, 0) is 16.0 Å². The van der Waals surface area contributed by atoms with Crippen LogP contribution >= 0.6 is 0 Å². The molecule has 1 aromatic rings. The number of hydrogen-bond acceptors (Lipinski definition) is 2. The van der Waals surface area contributed by atoms with Crippen molar-refractivity contribution in [2.75, 3.05) is 13.2 Å². The summed E-state index contributed by atoms with van der Waals surface area (Å²) in [7, 11) is 0. The second-order valence-corrected chi connectivity index (χ2v) is 5.36. The molecule has 1 unspecified atom stereocenters. The van der Waals surface area contributed by atoms with Crippen molar-refractivity contribution in [2.24, 2.45) is 0 Å². The molecule has 0 saturated carbocycles. The Bertz CT molecular complexity index is 436. The van der Waals surface area contributed by atoms with E-state index in [0.29, 0.717) is 13.0 Å². The lowest BCUT2D eigenvalue weighted by molar-refractivity contribution is -0.121. The molecule has 104 valence electrons. The van der Waals surface area contributed by atoms with Crippen LogP contribution in [0.5, 0.6) is 0 Å². The summed E-state index contributed by atoms with van der Waals surface area (Å²) < 4.78 is 5.48. The number of hydrogen-bond donors (Lipinski definition) is 1. The maximum Gasteiger partial charge on any atom is 0.220 e. The Kier molecular flexibility index (Phi) is 4.97. The molecule has 1 aliphatic heterocycles. The highest BCUT2D eigenvalue weighted by Gasteiger charge is 2.15. The van der Waals surface area contributed by atoms with Crippen molar-refractivity contribution < 1.29 is 9.53 Å². The molecular weight excluding hydrogens is 238 g/mol. The molecule has 0 aliphatic carbocycles. The normalized spacial score (nSPS) is 18.5. The van der Waals surface area contributed by atoms with Gasteiger partial charge in [0.25, 0.3) is 0 Å². The molecule has 3 heteroatoms. The van der Waals surface area contributed by atoms with Crippen LogP contribution in [0.15, 0.2) is 18.2 Å². The van der Waals surface area contributed by atoms with Gasteiger partial charge in [-0.05, 0) is 49.8 Å². The van der Waals surface area contributed by atoms with Gasteiger partial charge in [0.2, 0.25) is 5.91 Å². The third-order valence-corrected chi connectivity index (χ3v) is 3.76. The summed E-state index contributed by atoms with van der Waals surface area (Å²) in [6.07, 6.45) is 3.76. The maximum atomic E-state index is 11.8. The quantitative estimate of drug-likeness (QED) is 0.884. The van der Waals surface area contributed by atoms with Crippen molar-refractivity contribution in [3.63, 3.8) is 0 Å². The molecule has 0 bridgehead atoms. The van der Waals surface area contributed by atoms with Crippen LogP contribution < -0.4 is 5.32 Å². The average Bonchev–Trinajstić information content (AvgIpc) is 2.91. The lowest BCUT2D eigenvalue weighted by atomic mass is 10.0. The molecule has 1 heterocycles. The predicted molar refractivity (Wildman–Crippen MR) is 76.2 cm³/mol. The minimum absolute atomic E-state index is 0.119. The Morgan fingerprint density at radius 1 is 1.37 bits per heavy atom. The number of amides is 1. The number of carbonyl (C=O) groups excluding carboxylic acids is 1. The monoisotopic (exact) mass is 261 g/mol. The van der Waals surface area contributed by atoms with Crippen LogP contribution in [-0.4, -0.2) is 25.2 Å². The number of aryl methyl sites for hydroxylation is 3. The minimum Gasteiger partial charge on any atom is -0.376 e. The van der Waals surface area contributed by atoms with E-state index in [1.165, 1.54) is 16.7 Å². The zero-order valence-corrected chi connectivity index (χ0v) is 11.9. The molecule has 1 aliphatic rings. The summed E-state index contributed by atoms with van der Waals surface area (Å²) in [6.45, 7) is 5.71. The third kappa shape index (κ3) is 4.35. The van der Waals surface area contributed by atoms with E-state index < -0.39 is 0 Å². The molecule has 1 amide bonds. The highest BCUT2D eigenvalue weighted by atomic mass is 16.5. The smallest absolute Gasteiger partial charge is 0.220 e. The first-order valence-electron chi connectivity index (χ1n) is 7.09. The lowest BCUT2D eigenvalue weighted by Gasteiger charge is -2.11. The highest BCUT2D eigenvalue weighted by molar-refractivity contribution is 5.76. The van der Waals surface area contributed by atoms with Gasteiger partial charge in [-0.1, -0.05) is 18.2 Å². The van der Waals surface area contributed by atoms with Crippen LogP contribution in [0.3, 0.4) is 0 Å². The Morgan fingerprint density at radius 3 is 2.89 bits per heavy atom. The number of ether oxygens (including phenoxy) is 1. The molecule has 3 nitrogen and oxygen atoms in total. The van der Waals surface area contributed by atoms with E-state index in [0.717, 1.165) is 25.9 Å². The van der Waals surface area contributed by atoms with Crippen LogP contribution in [0.1, 0.15) is 36.0 Å². The molecule has 1 atom stereocenters. The van der Waals surface area contributed by atoms with E-state index in [4.69, 9.17) is 4.74 Å². The van der Waals surface area contributed by atoms with Gasteiger partial charge >= 0.3 is 0 Å². The third-order valence-electron chi connectivity index (χ3n) is 3.76. The zero-order chi connectivity index (χ0) is 13.7. The fourth-order valence-electron chi connectivity index (χ4n) is 2.34. The standard InChI is InChI=1S/C16H23NO2/c1-12-5-6-14(10-13(12)2)7-8-16(18)17-11-15-4-3-9-19-15/h5-6,10,15H,3-4,7-9,11H2,1-2H3,(H,17,18). The van der Waals surface area contributed by atoms with Crippen molar-refractivity contribution in [2.45, 2.75) is 45.6 Å². The zero-order valence-electron chi connectivity index (χ0n) is 11.9. The number of nitrogens with one attached hydrogen (secondary N) is 1. The van der Waals surface area contributed by atoms with Gasteiger partial charge in [0, 0.05) is 19.6 Å². The van der Waals surface area contributed by atoms with Crippen molar-refractivity contribution in [3.05, 3.63) is 34.9 Å². The van der Waals surface area contributed by atoms with E-state index in [1.54, 1.807) is 0 Å². The van der Waals surface area contributed by atoms with Gasteiger partial charge in [-0.3, -0.25) is 4.79 Å². The Balaban J connectivity index is 1.71. The van der Waals surface area contributed by atoms with E-state index in [-0.39, 0.29) is 12.0 Å². The highest BCUT2D eigenvalue weighted by Crippen LogP contribution is 2.12. The largest absolute Gasteiger partial charge is 0.376 e. The van der Waals surface area contributed by atoms with Gasteiger partial charge in [0.15, 0.2) is 0 Å². The molecule has 19 heavy (non-hydrogen) atoms. The fraction of sp³-hybridized carbons (Fsp3) is 0.562. The Labute approximate surface area is 115 Å². The molecule has 1 fully saturated rings. The Hall–Kier alpha value is -1.35. The number of rotatable bonds is 5. The minimum atomic E-state index is 0.119. The van der Waals surface area contributed by atoms with Gasteiger partial charge in [-0.15, -0.1) is 0 Å². The summed E-state index contributed by atoms with van der Waals surface area (Å²) in [4.78, 5) is 11.8. The van der Waals surface area contributed by atoms with Crippen molar-refractivity contribution in [3.8, 4) is 0 Å². The summed E-state index contributed by atoms with van der Waals surface area (Å²) in [5, 5.41) is 2.96. The second-order valence-electron chi connectivity index (χ2n) is 5.36. The molecule has 0 aromatic heterocycles. The predicted octanol–water partition coefficient (Wildman–Crippen LogP) is 2.53. The molecule has 0 radical (unpaired) electrons. The first-order chi connectivity index (χ1) is 9.15. The van der Waals surface area contributed by atoms with Crippen LogP contribution in [0, 0.1) is 13.8 Å². The first-order valence-corrected chi connectivity index (χ1v) is 7.09. The average molecular weight is 261 g/mol. The van der Waals surface area contributed by atoms with Crippen LogP contribution in [0.4, 0.5) is 0 Å². The van der Waals surface area contributed by atoms with Crippen molar-refractivity contribution >= 4 is 5.91 Å². The fourth-order valence-corrected chi connectivity index (χ4v) is 2.34. The van der Waals surface area contributed by atoms with Gasteiger partial charge in [0.05, 0.1) is 6.10 Å². The SMILES string of the molecule is Cc1ccc(CCC(=O)NCC2CCCO2)cc1C. The van der Waals surface area contributed by atoms with Crippen molar-refractivity contribution in [1.82, 2.24) is 5.32 Å². The van der Waals surface area contributed by atoms with Gasteiger partial charge in [-0.25, -0.2) is 0 Å². The van der Waals surface area contributed by atoms with E-state index in [2.05, 4.69) is 37.4 Å². The lowest BCUT2D eigenvalue weighted by Crippen LogP contribution is -2.31. The van der Waals surface area contributed by atoms with E-state index >= 15 is 0 Å². The first kappa shape index (κ1) is 14.1. The van der Waals surface area contributed by atoms with Crippen molar-refractivity contribution in [1.29, 1.82) is 0 Å². The van der Waals surface area contributed by atoms with Crippen LogP contribution in [0.25, 0.3) is 0 Å². The van der Waals surface area contributed by atoms with E-state index in [9.17, 15) is 4.79 Å². The molecule has 1 N–H and O–H groups in total.